The first-order valence-electron chi connectivity index (χ1n) is 12.4. The third-order valence-corrected chi connectivity index (χ3v) is 6.87. The van der Waals surface area contributed by atoms with Crippen LogP contribution in [0.4, 0.5) is 11.4 Å². The van der Waals surface area contributed by atoms with E-state index in [9.17, 15) is 4.79 Å². The predicted octanol–water partition coefficient (Wildman–Crippen LogP) is 4.76. The van der Waals surface area contributed by atoms with E-state index >= 15 is 0 Å². The molecule has 34 heavy (non-hydrogen) atoms. The van der Waals surface area contributed by atoms with Crippen molar-refractivity contribution in [2.45, 2.75) is 40.5 Å². The maximum Gasteiger partial charge on any atom is 0.278 e. The largest absolute Gasteiger partial charge is 0.369 e. The van der Waals surface area contributed by atoms with Crippen LogP contribution in [0.3, 0.4) is 0 Å². The van der Waals surface area contributed by atoms with Gasteiger partial charge in [0.15, 0.2) is 0 Å². The smallest absolute Gasteiger partial charge is 0.278 e. The molecule has 1 aliphatic heterocycles. The van der Waals surface area contributed by atoms with Crippen LogP contribution in [-0.2, 0) is 6.42 Å². The lowest BCUT2D eigenvalue weighted by atomic mass is 10.1. The standard InChI is InChI=1S/C28H37N5O/c1-5-10-26-29-23(4)27(30-26)28(34)33(24-12-7-6-8-13-24)20-17-31-15-18-32(19-16-31)25-14-9-11-21(2)22(25)3/h6-9,11-14H,5,10,15-20H2,1-4H3,(H,29,30). The van der Waals surface area contributed by atoms with Gasteiger partial charge in [-0.25, -0.2) is 4.98 Å². The second-order valence-corrected chi connectivity index (χ2v) is 9.25. The van der Waals surface area contributed by atoms with Crippen LogP contribution in [0.5, 0.6) is 0 Å². The Morgan fingerprint density at radius 3 is 2.44 bits per heavy atom. The van der Waals surface area contributed by atoms with Crippen molar-refractivity contribution >= 4 is 17.3 Å². The maximum absolute atomic E-state index is 13.6. The lowest BCUT2D eigenvalue weighted by Gasteiger charge is -2.37. The molecule has 0 atom stereocenters. The molecule has 0 spiro atoms. The first-order valence-corrected chi connectivity index (χ1v) is 12.4. The molecule has 6 heteroatoms. The quantitative estimate of drug-likeness (QED) is 0.528. The maximum atomic E-state index is 13.6. The Labute approximate surface area is 203 Å². The van der Waals surface area contributed by atoms with E-state index < -0.39 is 0 Å². The molecule has 1 N–H and O–H groups in total. The summed E-state index contributed by atoms with van der Waals surface area (Å²) in [6.45, 7) is 13.9. The average molecular weight is 460 g/mol. The summed E-state index contributed by atoms with van der Waals surface area (Å²) in [4.78, 5) is 28.3. The molecule has 1 saturated heterocycles. The highest BCUT2D eigenvalue weighted by molar-refractivity contribution is 6.05. The summed E-state index contributed by atoms with van der Waals surface area (Å²) in [5.41, 5.74) is 6.35. The fourth-order valence-electron chi connectivity index (χ4n) is 4.70. The molecule has 180 valence electrons. The third-order valence-electron chi connectivity index (χ3n) is 6.87. The Balaban J connectivity index is 1.43. The molecule has 1 aromatic heterocycles. The van der Waals surface area contributed by atoms with Crippen LogP contribution < -0.4 is 9.80 Å². The number of para-hydroxylation sites is 1. The Bertz CT molecular complexity index is 1100. The van der Waals surface area contributed by atoms with Gasteiger partial charge in [0.25, 0.3) is 5.91 Å². The molecule has 1 amide bonds. The zero-order chi connectivity index (χ0) is 24.1. The highest BCUT2D eigenvalue weighted by Gasteiger charge is 2.25. The summed E-state index contributed by atoms with van der Waals surface area (Å²) in [5.74, 6) is 0.857. The summed E-state index contributed by atoms with van der Waals surface area (Å²) in [6.07, 6.45) is 1.85. The summed E-state index contributed by atoms with van der Waals surface area (Å²) in [7, 11) is 0. The number of carbonyl (C=O) groups is 1. The van der Waals surface area contributed by atoms with Crippen LogP contribution in [0.1, 0.15) is 46.5 Å². The second kappa shape index (κ2) is 10.9. The fourth-order valence-corrected chi connectivity index (χ4v) is 4.70. The van der Waals surface area contributed by atoms with Crippen LogP contribution in [0, 0.1) is 20.8 Å². The number of H-pyrrole nitrogens is 1. The molecule has 0 aliphatic carbocycles. The molecule has 2 aromatic carbocycles. The van der Waals surface area contributed by atoms with Gasteiger partial charge in [0.05, 0.1) is 0 Å². The number of nitrogens with one attached hydrogen (secondary N) is 1. The topological polar surface area (TPSA) is 55.5 Å². The normalized spacial score (nSPS) is 14.4. The fraction of sp³-hybridized carbons (Fsp3) is 0.429. The number of anilines is 2. The number of amides is 1. The third kappa shape index (κ3) is 5.33. The van der Waals surface area contributed by atoms with Crippen molar-refractivity contribution in [3.05, 3.63) is 76.9 Å². The van der Waals surface area contributed by atoms with Gasteiger partial charge in [-0.15, -0.1) is 0 Å². The van der Waals surface area contributed by atoms with Crippen molar-refractivity contribution < 1.29 is 4.79 Å². The van der Waals surface area contributed by atoms with Crippen molar-refractivity contribution in [1.82, 2.24) is 14.9 Å². The van der Waals surface area contributed by atoms with Crippen LogP contribution in [0.2, 0.25) is 0 Å². The number of benzene rings is 2. The molecule has 1 aliphatic rings. The van der Waals surface area contributed by atoms with Crippen molar-refractivity contribution in [1.29, 1.82) is 0 Å². The van der Waals surface area contributed by atoms with Crippen LogP contribution in [0.15, 0.2) is 48.5 Å². The SMILES string of the molecule is CCCc1nc(C(=O)N(CCN2CCN(c3cccc(C)c3C)CC2)c2ccccc2)c(C)[nH]1. The van der Waals surface area contributed by atoms with E-state index in [1.165, 1.54) is 16.8 Å². The van der Waals surface area contributed by atoms with Gasteiger partial charge < -0.3 is 14.8 Å². The number of aromatic amines is 1. The van der Waals surface area contributed by atoms with Crippen molar-refractivity contribution in [3.8, 4) is 0 Å². The van der Waals surface area contributed by atoms with Gasteiger partial charge >= 0.3 is 0 Å². The first kappa shape index (κ1) is 24.0. The Kier molecular flexibility index (Phi) is 7.68. The number of hydrogen-bond donors (Lipinski definition) is 1. The van der Waals surface area contributed by atoms with Gasteiger partial charge in [0.2, 0.25) is 0 Å². The number of carbonyl (C=O) groups excluding carboxylic acids is 1. The summed E-state index contributed by atoms with van der Waals surface area (Å²) < 4.78 is 0. The zero-order valence-electron chi connectivity index (χ0n) is 21.0. The number of aryl methyl sites for hydroxylation is 3. The number of aromatic nitrogens is 2. The molecule has 4 rings (SSSR count). The van der Waals surface area contributed by atoms with Crippen LogP contribution in [0.25, 0.3) is 0 Å². The van der Waals surface area contributed by atoms with E-state index in [2.05, 4.69) is 58.7 Å². The molecule has 0 saturated carbocycles. The molecular weight excluding hydrogens is 422 g/mol. The minimum Gasteiger partial charge on any atom is -0.369 e. The Hall–Kier alpha value is -3.12. The van der Waals surface area contributed by atoms with Gasteiger partial charge in [0.1, 0.15) is 11.5 Å². The predicted molar refractivity (Wildman–Crippen MR) is 140 cm³/mol. The number of piperazine rings is 1. The minimum atomic E-state index is -0.0312. The number of hydrogen-bond acceptors (Lipinski definition) is 4. The van der Waals surface area contributed by atoms with Gasteiger partial charge in [-0.2, -0.15) is 0 Å². The van der Waals surface area contributed by atoms with Gasteiger partial charge in [0, 0.05) is 62.8 Å². The lowest BCUT2D eigenvalue weighted by Crippen LogP contribution is -2.49. The minimum absolute atomic E-state index is 0.0312. The van der Waals surface area contributed by atoms with Gasteiger partial charge in [-0.05, 0) is 56.5 Å². The van der Waals surface area contributed by atoms with E-state index in [-0.39, 0.29) is 5.91 Å². The van der Waals surface area contributed by atoms with Crippen LogP contribution >= 0.6 is 0 Å². The number of imidazole rings is 1. The summed E-state index contributed by atoms with van der Waals surface area (Å²) in [5, 5.41) is 0. The second-order valence-electron chi connectivity index (χ2n) is 9.25. The number of nitrogens with zero attached hydrogens (tertiary/aromatic N) is 4. The molecule has 0 bridgehead atoms. The monoisotopic (exact) mass is 459 g/mol. The van der Waals surface area contributed by atoms with E-state index in [1.54, 1.807) is 0 Å². The zero-order valence-corrected chi connectivity index (χ0v) is 21.0. The highest BCUT2D eigenvalue weighted by Crippen LogP contribution is 2.24. The molecule has 6 nitrogen and oxygen atoms in total. The molecule has 1 fully saturated rings. The summed E-state index contributed by atoms with van der Waals surface area (Å²) >= 11 is 0. The lowest BCUT2D eigenvalue weighted by molar-refractivity contribution is 0.0978. The van der Waals surface area contributed by atoms with Crippen molar-refractivity contribution in [2.75, 3.05) is 49.1 Å². The molecule has 0 unspecified atom stereocenters. The van der Waals surface area contributed by atoms with E-state index in [1.807, 2.05) is 42.2 Å². The van der Waals surface area contributed by atoms with Crippen molar-refractivity contribution in [2.24, 2.45) is 0 Å². The molecule has 3 aromatic rings. The van der Waals surface area contributed by atoms with Gasteiger partial charge in [-0.3, -0.25) is 9.69 Å². The highest BCUT2D eigenvalue weighted by atomic mass is 16.2. The Morgan fingerprint density at radius 2 is 1.74 bits per heavy atom. The molecule has 2 heterocycles. The van der Waals surface area contributed by atoms with Crippen LogP contribution in [-0.4, -0.2) is 60.0 Å². The summed E-state index contributed by atoms with van der Waals surface area (Å²) in [6, 6.07) is 16.5. The van der Waals surface area contributed by atoms with Gasteiger partial charge in [-0.1, -0.05) is 37.3 Å². The molecule has 0 radical (unpaired) electrons. The molecular formula is C28H37N5O. The average Bonchev–Trinajstić information content (AvgIpc) is 3.22. The van der Waals surface area contributed by atoms with E-state index in [4.69, 9.17) is 0 Å². The van der Waals surface area contributed by atoms with E-state index in [0.29, 0.717) is 12.2 Å². The number of rotatable bonds is 8. The van der Waals surface area contributed by atoms with Crippen molar-refractivity contribution in [3.63, 3.8) is 0 Å². The van der Waals surface area contributed by atoms with E-state index in [0.717, 1.165) is 62.8 Å². The Morgan fingerprint density at radius 1 is 1.00 bits per heavy atom. The first-order chi connectivity index (χ1) is 16.5.